The smallest absolute Gasteiger partial charge is 0.423 e. The molecule has 16 heavy (non-hydrogen) atoms. The van der Waals surface area contributed by atoms with E-state index in [0.29, 0.717) is 5.95 Å². The van der Waals surface area contributed by atoms with Gasteiger partial charge in [-0.3, -0.25) is 0 Å². The van der Waals surface area contributed by atoms with Gasteiger partial charge in [-0.05, 0) is 12.1 Å². The fraction of sp³-hybridized carbons (Fsp3) is 0. The van der Waals surface area contributed by atoms with Crippen molar-refractivity contribution in [3.63, 3.8) is 0 Å². The zero-order chi connectivity index (χ0) is 11.4. The van der Waals surface area contributed by atoms with Gasteiger partial charge in [-0.2, -0.15) is 0 Å². The van der Waals surface area contributed by atoms with E-state index < -0.39 is 7.12 Å². The van der Waals surface area contributed by atoms with Crippen molar-refractivity contribution in [3.05, 3.63) is 42.7 Å². The molecule has 0 aliphatic carbocycles. The molecule has 0 unspecified atom stereocenters. The normalized spacial score (nSPS) is 9.88. The van der Waals surface area contributed by atoms with Gasteiger partial charge in [0.05, 0.1) is 0 Å². The summed E-state index contributed by atoms with van der Waals surface area (Å²) in [6.07, 6.45) is 2.73. The number of anilines is 2. The van der Waals surface area contributed by atoms with Gasteiger partial charge < -0.3 is 15.4 Å². The monoisotopic (exact) mass is 215 g/mol. The van der Waals surface area contributed by atoms with Crippen LogP contribution in [0.3, 0.4) is 0 Å². The molecule has 0 amide bonds. The average molecular weight is 215 g/mol. The van der Waals surface area contributed by atoms with E-state index in [0.717, 1.165) is 5.69 Å². The highest BCUT2D eigenvalue weighted by atomic mass is 16.4. The van der Waals surface area contributed by atoms with Crippen LogP contribution in [-0.4, -0.2) is 27.1 Å². The maximum atomic E-state index is 8.86. The third-order valence-corrected chi connectivity index (χ3v) is 2.00. The van der Waals surface area contributed by atoms with Gasteiger partial charge in [-0.25, -0.2) is 9.97 Å². The third kappa shape index (κ3) is 2.56. The highest BCUT2D eigenvalue weighted by molar-refractivity contribution is 6.58. The Labute approximate surface area is 93.0 Å². The van der Waals surface area contributed by atoms with Crippen LogP contribution in [-0.2, 0) is 0 Å². The summed E-state index contributed by atoms with van der Waals surface area (Å²) < 4.78 is 0. The highest BCUT2D eigenvalue weighted by Gasteiger charge is 2.11. The quantitative estimate of drug-likeness (QED) is 0.623. The Balaban J connectivity index is 2.11. The standard InChI is InChI=1S/C10H10BN3O2/c15-11(16)8-6-12-10(13-7-8)14-9-4-2-1-3-5-9/h1-7,15-16H,(H,12,13,14). The first kappa shape index (κ1) is 10.6. The van der Waals surface area contributed by atoms with E-state index >= 15 is 0 Å². The molecule has 3 N–H and O–H groups in total. The first-order chi connectivity index (χ1) is 7.75. The van der Waals surface area contributed by atoms with Crippen LogP contribution in [0.2, 0.25) is 0 Å². The van der Waals surface area contributed by atoms with Gasteiger partial charge in [0.25, 0.3) is 0 Å². The predicted molar refractivity (Wildman–Crippen MR) is 61.6 cm³/mol. The molecule has 1 heterocycles. The summed E-state index contributed by atoms with van der Waals surface area (Å²) in [5, 5.41) is 20.7. The number of para-hydroxylation sites is 1. The fourth-order valence-corrected chi connectivity index (χ4v) is 1.19. The van der Waals surface area contributed by atoms with E-state index in [-0.39, 0.29) is 5.46 Å². The summed E-state index contributed by atoms with van der Waals surface area (Å²) in [4.78, 5) is 7.91. The van der Waals surface area contributed by atoms with Crippen molar-refractivity contribution in [2.75, 3.05) is 5.32 Å². The van der Waals surface area contributed by atoms with Crippen LogP contribution < -0.4 is 10.8 Å². The van der Waals surface area contributed by atoms with Gasteiger partial charge in [0.15, 0.2) is 0 Å². The second kappa shape index (κ2) is 4.74. The Hall–Kier alpha value is -1.92. The van der Waals surface area contributed by atoms with Crippen molar-refractivity contribution in [3.8, 4) is 0 Å². The molecule has 0 spiro atoms. The Bertz CT molecular complexity index is 447. The van der Waals surface area contributed by atoms with Gasteiger partial charge in [-0.1, -0.05) is 18.2 Å². The molecule has 0 fully saturated rings. The molecule has 80 valence electrons. The Morgan fingerprint density at radius 2 is 1.62 bits per heavy atom. The topological polar surface area (TPSA) is 78.3 Å². The minimum Gasteiger partial charge on any atom is -0.423 e. The second-order valence-corrected chi connectivity index (χ2v) is 3.20. The van der Waals surface area contributed by atoms with Gasteiger partial charge in [0.2, 0.25) is 5.95 Å². The van der Waals surface area contributed by atoms with Crippen LogP contribution in [0.1, 0.15) is 0 Å². The van der Waals surface area contributed by atoms with E-state index in [1.165, 1.54) is 12.4 Å². The van der Waals surface area contributed by atoms with E-state index in [1.54, 1.807) is 0 Å². The van der Waals surface area contributed by atoms with Crippen LogP contribution in [0.15, 0.2) is 42.7 Å². The molecule has 2 aromatic rings. The Morgan fingerprint density at radius 3 is 2.19 bits per heavy atom. The first-order valence-electron chi connectivity index (χ1n) is 4.76. The van der Waals surface area contributed by atoms with Crippen molar-refractivity contribution >= 4 is 24.2 Å². The summed E-state index contributed by atoms with van der Waals surface area (Å²) in [6.45, 7) is 0. The van der Waals surface area contributed by atoms with Crippen LogP contribution in [0.5, 0.6) is 0 Å². The molecule has 0 saturated heterocycles. The Kier molecular flexibility index (Phi) is 3.14. The van der Waals surface area contributed by atoms with Crippen molar-refractivity contribution in [1.82, 2.24) is 9.97 Å². The largest absolute Gasteiger partial charge is 0.491 e. The van der Waals surface area contributed by atoms with Crippen LogP contribution in [0.25, 0.3) is 0 Å². The molecule has 1 aromatic heterocycles. The Morgan fingerprint density at radius 1 is 1.00 bits per heavy atom. The molecule has 0 bridgehead atoms. The summed E-state index contributed by atoms with van der Waals surface area (Å²) in [7, 11) is -1.54. The lowest BCUT2D eigenvalue weighted by molar-refractivity contribution is 0.425. The average Bonchev–Trinajstić information content (AvgIpc) is 2.31. The van der Waals surface area contributed by atoms with Crippen LogP contribution >= 0.6 is 0 Å². The zero-order valence-electron chi connectivity index (χ0n) is 8.41. The zero-order valence-corrected chi connectivity index (χ0v) is 8.41. The van der Waals surface area contributed by atoms with Gasteiger partial charge >= 0.3 is 7.12 Å². The molecule has 0 aliphatic heterocycles. The summed E-state index contributed by atoms with van der Waals surface area (Å²) in [5.41, 5.74) is 1.14. The van der Waals surface area contributed by atoms with Crippen LogP contribution in [0.4, 0.5) is 11.6 Å². The van der Waals surface area contributed by atoms with Gasteiger partial charge in [0, 0.05) is 23.5 Å². The van der Waals surface area contributed by atoms with E-state index in [1.807, 2.05) is 30.3 Å². The third-order valence-electron chi connectivity index (χ3n) is 2.00. The molecule has 6 heteroatoms. The van der Waals surface area contributed by atoms with Crippen molar-refractivity contribution < 1.29 is 10.0 Å². The molecule has 0 saturated carbocycles. The fourth-order valence-electron chi connectivity index (χ4n) is 1.19. The summed E-state index contributed by atoms with van der Waals surface area (Å²) in [6, 6.07) is 9.48. The molecule has 0 radical (unpaired) electrons. The summed E-state index contributed by atoms with van der Waals surface area (Å²) >= 11 is 0. The molecule has 5 nitrogen and oxygen atoms in total. The number of nitrogens with one attached hydrogen (secondary N) is 1. The first-order valence-corrected chi connectivity index (χ1v) is 4.76. The summed E-state index contributed by atoms with van der Waals surface area (Å²) in [5.74, 6) is 0.413. The molecule has 0 atom stereocenters. The number of hydrogen-bond donors (Lipinski definition) is 3. The highest BCUT2D eigenvalue weighted by Crippen LogP contribution is 2.09. The predicted octanol–water partition coefficient (Wildman–Crippen LogP) is -0.100. The number of aromatic nitrogens is 2. The van der Waals surface area contributed by atoms with Crippen molar-refractivity contribution in [1.29, 1.82) is 0 Å². The van der Waals surface area contributed by atoms with Crippen LogP contribution in [0, 0.1) is 0 Å². The van der Waals surface area contributed by atoms with Crippen molar-refractivity contribution in [2.24, 2.45) is 0 Å². The SMILES string of the molecule is OB(O)c1cnc(Nc2ccccc2)nc1. The minimum absolute atomic E-state index is 0.263. The molecule has 2 rings (SSSR count). The molecular weight excluding hydrogens is 205 g/mol. The molecule has 1 aromatic carbocycles. The van der Waals surface area contributed by atoms with Gasteiger partial charge in [0.1, 0.15) is 0 Å². The molecule has 0 aliphatic rings. The second-order valence-electron chi connectivity index (χ2n) is 3.20. The lowest BCUT2D eigenvalue weighted by atomic mass is 9.83. The van der Waals surface area contributed by atoms with Gasteiger partial charge in [-0.15, -0.1) is 0 Å². The number of rotatable bonds is 3. The van der Waals surface area contributed by atoms with E-state index in [4.69, 9.17) is 10.0 Å². The maximum Gasteiger partial charge on any atom is 0.491 e. The minimum atomic E-state index is -1.54. The van der Waals surface area contributed by atoms with Crippen molar-refractivity contribution in [2.45, 2.75) is 0 Å². The molecular formula is C10H10BN3O2. The van der Waals surface area contributed by atoms with E-state index in [2.05, 4.69) is 15.3 Å². The number of nitrogens with zero attached hydrogens (tertiary/aromatic N) is 2. The maximum absolute atomic E-state index is 8.86. The van der Waals surface area contributed by atoms with E-state index in [9.17, 15) is 0 Å². The number of hydrogen-bond acceptors (Lipinski definition) is 5. The number of benzene rings is 1. The lowest BCUT2D eigenvalue weighted by Crippen LogP contribution is -2.30. The lowest BCUT2D eigenvalue weighted by Gasteiger charge is -2.04.